The van der Waals surface area contributed by atoms with Crippen LogP contribution >= 0.6 is 27.3 Å². The lowest BCUT2D eigenvalue weighted by Crippen LogP contribution is -2.11. The van der Waals surface area contributed by atoms with Crippen molar-refractivity contribution in [3.8, 4) is 0 Å². The van der Waals surface area contributed by atoms with Gasteiger partial charge in [-0.3, -0.25) is 4.79 Å². The van der Waals surface area contributed by atoms with Gasteiger partial charge in [-0.2, -0.15) is 0 Å². The first-order chi connectivity index (χ1) is 12.7. The number of anilines is 1. The molecule has 0 aliphatic rings. The van der Waals surface area contributed by atoms with Crippen molar-refractivity contribution < 1.29 is 4.79 Å². The lowest BCUT2D eigenvalue weighted by atomic mass is 10.1. The average molecular weight is 423 g/mol. The summed E-state index contributed by atoms with van der Waals surface area (Å²) in [6.45, 7) is 0. The number of hydrogen-bond acceptors (Lipinski definition) is 3. The highest BCUT2D eigenvalue weighted by Gasteiger charge is 2.07. The molecule has 0 radical (unpaired) electrons. The monoisotopic (exact) mass is 422 g/mol. The molecule has 1 aromatic heterocycles. The summed E-state index contributed by atoms with van der Waals surface area (Å²) in [5.41, 5.74) is 3.62. The molecule has 0 saturated heterocycles. The predicted octanol–water partition coefficient (Wildman–Crippen LogP) is 5.90. The lowest BCUT2D eigenvalue weighted by Gasteiger charge is -2.06. The zero-order valence-corrected chi connectivity index (χ0v) is 16.2. The molecular weight excluding hydrogens is 408 g/mol. The van der Waals surface area contributed by atoms with E-state index < -0.39 is 0 Å². The lowest BCUT2D eigenvalue weighted by molar-refractivity contribution is 0.102. The Kier molecular flexibility index (Phi) is 4.82. The van der Waals surface area contributed by atoms with Gasteiger partial charge in [-0.1, -0.05) is 46.3 Å². The summed E-state index contributed by atoms with van der Waals surface area (Å²) in [5.74, 6) is -0.120. The molecule has 0 aliphatic carbocycles. The van der Waals surface area contributed by atoms with Crippen molar-refractivity contribution >= 4 is 49.1 Å². The molecule has 5 heteroatoms. The zero-order chi connectivity index (χ0) is 17.9. The molecule has 1 N–H and O–H groups in total. The van der Waals surface area contributed by atoms with Gasteiger partial charge in [-0.25, -0.2) is 4.98 Å². The normalized spacial score (nSPS) is 10.8. The summed E-state index contributed by atoms with van der Waals surface area (Å²) in [5, 5.41) is 4.02. The van der Waals surface area contributed by atoms with Crippen LogP contribution in [0.1, 0.15) is 20.9 Å². The molecular formula is C21H15BrN2OS. The molecule has 0 aliphatic heterocycles. The number of halogens is 1. The van der Waals surface area contributed by atoms with Crippen molar-refractivity contribution in [3.05, 3.63) is 93.4 Å². The second-order valence-corrected chi connectivity index (χ2v) is 7.94. The fourth-order valence-electron chi connectivity index (χ4n) is 2.71. The van der Waals surface area contributed by atoms with Gasteiger partial charge >= 0.3 is 0 Å². The Labute approximate surface area is 163 Å². The maximum atomic E-state index is 12.3. The highest BCUT2D eigenvalue weighted by molar-refractivity contribution is 9.10. The van der Waals surface area contributed by atoms with Crippen molar-refractivity contribution in [2.75, 3.05) is 5.32 Å². The number of carbonyl (C=O) groups excluding carboxylic acids is 1. The minimum Gasteiger partial charge on any atom is -0.322 e. The standard InChI is InChI=1S/C21H15BrN2OS/c22-16-5-3-4-15(13-16)21(25)23-17-10-8-14(9-11-17)12-20-24-18-6-1-2-7-19(18)26-20/h1-11,13H,12H2,(H,23,25). The third kappa shape index (κ3) is 3.84. The van der Waals surface area contributed by atoms with Crippen LogP contribution in [0.2, 0.25) is 0 Å². The van der Waals surface area contributed by atoms with Crippen LogP contribution in [0, 0.1) is 0 Å². The van der Waals surface area contributed by atoms with Gasteiger partial charge in [0.2, 0.25) is 0 Å². The molecule has 1 heterocycles. The van der Waals surface area contributed by atoms with Gasteiger partial charge < -0.3 is 5.32 Å². The molecule has 0 unspecified atom stereocenters. The maximum absolute atomic E-state index is 12.3. The van der Waals surface area contributed by atoms with E-state index in [2.05, 4.69) is 32.3 Å². The number of amides is 1. The van der Waals surface area contributed by atoms with Gasteiger partial charge in [0.1, 0.15) is 0 Å². The fraction of sp³-hybridized carbons (Fsp3) is 0.0476. The zero-order valence-electron chi connectivity index (χ0n) is 13.8. The summed E-state index contributed by atoms with van der Waals surface area (Å²) in [6, 6.07) is 23.4. The van der Waals surface area contributed by atoms with Crippen LogP contribution in [-0.2, 0) is 6.42 Å². The van der Waals surface area contributed by atoms with Gasteiger partial charge in [-0.05, 0) is 48.0 Å². The molecule has 1 amide bonds. The van der Waals surface area contributed by atoms with E-state index in [0.717, 1.165) is 27.1 Å². The van der Waals surface area contributed by atoms with E-state index in [4.69, 9.17) is 0 Å². The molecule has 26 heavy (non-hydrogen) atoms. The van der Waals surface area contributed by atoms with Crippen LogP contribution in [0.4, 0.5) is 5.69 Å². The summed E-state index contributed by atoms with van der Waals surface area (Å²) in [6.07, 6.45) is 0.791. The van der Waals surface area contributed by atoms with Crippen LogP contribution in [0.3, 0.4) is 0 Å². The number of para-hydroxylation sites is 1. The van der Waals surface area contributed by atoms with E-state index >= 15 is 0 Å². The summed E-state index contributed by atoms with van der Waals surface area (Å²) < 4.78 is 2.09. The number of rotatable bonds is 4. The Balaban J connectivity index is 1.45. The molecule has 0 saturated carbocycles. The topological polar surface area (TPSA) is 42.0 Å². The number of aromatic nitrogens is 1. The SMILES string of the molecule is O=C(Nc1ccc(Cc2nc3ccccc3s2)cc1)c1cccc(Br)c1. The van der Waals surface area contributed by atoms with Gasteiger partial charge in [0.05, 0.1) is 15.2 Å². The fourth-order valence-corrected chi connectivity index (χ4v) is 4.11. The van der Waals surface area contributed by atoms with Crippen LogP contribution < -0.4 is 5.32 Å². The number of thiazole rings is 1. The van der Waals surface area contributed by atoms with E-state index in [1.807, 2.05) is 54.6 Å². The summed E-state index contributed by atoms with van der Waals surface area (Å²) in [4.78, 5) is 17.0. The number of fused-ring (bicyclic) bond motifs is 1. The van der Waals surface area contributed by atoms with Crippen LogP contribution in [-0.4, -0.2) is 10.9 Å². The van der Waals surface area contributed by atoms with Crippen LogP contribution in [0.5, 0.6) is 0 Å². The van der Waals surface area contributed by atoms with Crippen LogP contribution in [0.25, 0.3) is 10.2 Å². The molecule has 0 fully saturated rings. The first-order valence-electron chi connectivity index (χ1n) is 8.18. The Morgan fingerprint density at radius 3 is 2.58 bits per heavy atom. The number of nitrogens with zero attached hydrogens (tertiary/aromatic N) is 1. The Morgan fingerprint density at radius 1 is 1.00 bits per heavy atom. The molecule has 0 bridgehead atoms. The largest absolute Gasteiger partial charge is 0.322 e. The maximum Gasteiger partial charge on any atom is 0.255 e. The van der Waals surface area contributed by atoms with Crippen molar-refractivity contribution in [3.63, 3.8) is 0 Å². The molecule has 0 spiro atoms. The third-order valence-electron chi connectivity index (χ3n) is 3.99. The van der Waals surface area contributed by atoms with E-state index in [-0.39, 0.29) is 5.91 Å². The molecule has 128 valence electrons. The molecule has 4 rings (SSSR count). The Hall–Kier alpha value is -2.50. The molecule has 3 aromatic carbocycles. The number of carbonyl (C=O) groups is 1. The minimum atomic E-state index is -0.120. The van der Waals surface area contributed by atoms with Crippen molar-refractivity contribution in [1.29, 1.82) is 0 Å². The van der Waals surface area contributed by atoms with Crippen molar-refractivity contribution in [1.82, 2.24) is 4.98 Å². The quantitative estimate of drug-likeness (QED) is 0.444. The second kappa shape index (κ2) is 7.40. The molecule has 3 nitrogen and oxygen atoms in total. The van der Waals surface area contributed by atoms with Gasteiger partial charge in [0, 0.05) is 22.1 Å². The van der Waals surface area contributed by atoms with E-state index in [9.17, 15) is 4.79 Å². The highest BCUT2D eigenvalue weighted by Crippen LogP contribution is 2.24. The van der Waals surface area contributed by atoms with E-state index in [0.29, 0.717) is 5.56 Å². The minimum absolute atomic E-state index is 0.120. The Morgan fingerprint density at radius 2 is 1.81 bits per heavy atom. The molecule has 4 aromatic rings. The molecule has 0 atom stereocenters. The number of hydrogen-bond donors (Lipinski definition) is 1. The predicted molar refractivity (Wildman–Crippen MR) is 111 cm³/mol. The second-order valence-electron chi connectivity index (χ2n) is 5.91. The van der Waals surface area contributed by atoms with E-state index in [1.54, 1.807) is 23.5 Å². The van der Waals surface area contributed by atoms with E-state index in [1.165, 1.54) is 10.3 Å². The summed E-state index contributed by atoms with van der Waals surface area (Å²) in [7, 11) is 0. The van der Waals surface area contributed by atoms with Crippen molar-refractivity contribution in [2.24, 2.45) is 0 Å². The first kappa shape index (κ1) is 16.9. The average Bonchev–Trinajstić information content (AvgIpc) is 3.05. The highest BCUT2D eigenvalue weighted by atomic mass is 79.9. The van der Waals surface area contributed by atoms with Gasteiger partial charge in [0.15, 0.2) is 0 Å². The first-order valence-corrected chi connectivity index (χ1v) is 9.79. The number of benzene rings is 3. The van der Waals surface area contributed by atoms with Gasteiger partial charge in [0.25, 0.3) is 5.91 Å². The van der Waals surface area contributed by atoms with Gasteiger partial charge in [-0.15, -0.1) is 11.3 Å². The van der Waals surface area contributed by atoms with Crippen LogP contribution in [0.15, 0.2) is 77.3 Å². The number of nitrogens with one attached hydrogen (secondary N) is 1. The summed E-state index contributed by atoms with van der Waals surface area (Å²) >= 11 is 5.10. The smallest absolute Gasteiger partial charge is 0.255 e. The van der Waals surface area contributed by atoms with Crippen molar-refractivity contribution in [2.45, 2.75) is 6.42 Å². The Bertz CT molecular complexity index is 1040. The third-order valence-corrected chi connectivity index (χ3v) is 5.52.